The molecule has 0 spiro atoms. The van der Waals surface area contributed by atoms with Gasteiger partial charge in [-0.3, -0.25) is 0 Å². The monoisotopic (exact) mass is 268 g/mol. The zero-order chi connectivity index (χ0) is 12.4. The Morgan fingerprint density at radius 1 is 1.06 bits per heavy atom. The van der Waals surface area contributed by atoms with E-state index >= 15 is 0 Å². The van der Waals surface area contributed by atoms with Crippen LogP contribution in [0.15, 0.2) is 28.5 Å². The summed E-state index contributed by atoms with van der Waals surface area (Å²) in [6, 6.07) is 3.08. The lowest BCUT2D eigenvalue weighted by Gasteiger charge is -2.04. The normalized spacial score (nSPS) is 10.4. The number of nitrogen functional groups attached to an aromatic ring is 3. The number of hydrogen-bond donors (Lipinski definition) is 3. The molecule has 2 rings (SSSR count). The lowest BCUT2D eigenvalue weighted by molar-refractivity contribution is 0.978. The van der Waals surface area contributed by atoms with Gasteiger partial charge in [0.05, 0.1) is 10.7 Å². The van der Waals surface area contributed by atoms with Crippen molar-refractivity contribution in [1.29, 1.82) is 0 Å². The van der Waals surface area contributed by atoms with E-state index in [2.05, 4.69) is 15.0 Å². The summed E-state index contributed by atoms with van der Waals surface area (Å²) in [4.78, 5) is 12.1. The van der Waals surface area contributed by atoms with Gasteiger partial charge in [0.2, 0.25) is 0 Å². The van der Waals surface area contributed by atoms with Crippen molar-refractivity contribution in [3.8, 4) is 0 Å². The van der Waals surface area contributed by atoms with Crippen molar-refractivity contribution in [3.05, 3.63) is 23.4 Å². The second kappa shape index (κ2) is 4.64. The Labute approximate surface area is 107 Å². The molecule has 0 saturated heterocycles. The summed E-state index contributed by atoms with van der Waals surface area (Å²) < 4.78 is 0. The van der Waals surface area contributed by atoms with Crippen LogP contribution in [0.2, 0.25) is 5.02 Å². The van der Waals surface area contributed by atoms with Gasteiger partial charge in [-0.05, 0) is 17.8 Å². The van der Waals surface area contributed by atoms with Crippen LogP contribution in [0.3, 0.4) is 0 Å². The molecular formula is C9H9ClN6S. The number of pyridine rings is 1. The van der Waals surface area contributed by atoms with E-state index in [9.17, 15) is 0 Å². The second-order valence-electron chi connectivity index (χ2n) is 3.15. The minimum Gasteiger partial charge on any atom is -0.396 e. The summed E-state index contributed by atoms with van der Waals surface area (Å²) in [5.41, 5.74) is 17.3. The molecule has 0 aliphatic rings. The van der Waals surface area contributed by atoms with Crippen LogP contribution in [0, 0.1) is 0 Å². The van der Waals surface area contributed by atoms with E-state index in [4.69, 9.17) is 28.8 Å². The van der Waals surface area contributed by atoms with Crippen LogP contribution in [0.4, 0.5) is 17.3 Å². The van der Waals surface area contributed by atoms with E-state index in [1.807, 2.05) is 0 Å². The summed E-state index contributed by atoms with van der Waals surface area (Å²) in [5, 5.41) is 1.42. The fourth-order valence-corrected chi connectivity index (χ4v) is 2.05. The first-order valence-corrected chi connectivity index (χ1v) is 5.73. The van der Waals surface area contributed by atoms with E-state index in [1.165, 1.54) is 24.0 Å². The van der Waals surface area contributed by atoms with Gasteiger partial charge in [-0.25, -0.2) is 15.0 Å². The molecule has 0 radical (unpaired) electrons. The highest BCUT2D eigenvalue weighted by Crippen LogP contribution is 2.29. The summed E-state index contributed by atoms with van der Waals surface area (Å²) in [7, 11) is 0. The van der Waals surface area contributed by atoms with Gasteiger partial charge in [-0.15, -0.1) is 0 Å². The van der Waals surface area contributed by atoms with Gasteiger partial charge in [-0.1, -0.05) is 11.6 Å². The molecule has 0 aliphatic heterocycles. The Morgan fingerprint density at radius 3 is 2.29 bits per heavy atom. The predicted molar refractivity (Wildman–Crippen MR) is 68.6 cm³/mol. The molecule has 2 heterocycles. The van der Waals surface area contributed by atoms with Gasteiger partial charge in [-0.2, -0.15) is 0 Å². The molecule has 0 fully saturated rings. The standard InChI is InChI=1S/C9H9ClN6S/c10-4-1-5(11)8(14-3-4)17-9-15-6(12)2-7(13)16-9/h1-3H,11H2,(H4,12,13,15,16). The third-order valence-corrected chi connectivity index (χ3v) is 2.88. The number of nitrogens with zero attached hydrogens (tertiary/aromatic N) is 3. The van der Waals surface area contributed by atoms with Crippen LogP contribution < -0.4 is 17.2 Å². The lowest BCUT2D eigenvalue weighted by atomic mass is 10.4. The molecule has 6 N–H and O–H groups in total. The Kier molecular flexibility index (Phi) is 3.21. The van der Waals surface area contributed by atoms with Crippen molar-refractivity contribution in [2.24, 2.45) is 0 Å². The maximum atomic E-state index is 5.76. The summed E-state index contributed by atoms with van der Waals surface area (Å²) in [6.07, 6.45) is 1.50. The van der Waals surface area contributed by atoms with Crippen molar-refractivity contribution in [1.82, 2.24) is 15.0 Å². The molecule has 0 unspecified atom stereocenters. The van der Waals surface area contributed by atoms with E-state index < -0.39 is 0 Å². The summed E-state index contributed by atoms with van der Waals surface area (Å²) >= 11 is 6.92. The van der Waals surface area contributed by atoms with Crippen molar-refractivity contribution in [2.75, 3.05) is 17.2 Å². The molecule has 2 aromatic heterocycles. The zero-order valence-electron chi connectivity index (χ0n) is 8.59. The van der Waals surface area contributed by atoms with Crippen LogP contribution >= 0.6 is 23.4 Å². The van der Waals surface area contributed by atoms with Crippen LogP contribution in [-0.2, 0) is 0 Å². The third kappa shape index (κ3) is 2.89. The first-order chi connectivity index (χ1) is 8.04. The van der Waals surface area contributed by atoms with E-state index in [1.54, 1.807) is 6.07 Å². The van der Waals surface area contributed by atoms with Gasteiger partial charge in [0.25, 0.3) is 0 Å². The maximum absolute atomic E-state index is 5.76. The van der Waals surface area contributed by atoms with Crippen molar-refractivity contribution >= 4 is 40.7 Å². The number of nitrogens with two attached hydrogens (primary N) is 3. The van der Waals surface area contributed by atoms with Crippen LogP contribution in [0.25, 0.3) is 0 Å². The molecule has 17 heavy (non-hydrogen) atoms. The van der Waals surface area contributed by atoms with Crippen molar-refractivity contribution in [2.45, 2.75) is 10.2 Å². The molecule has 2 aromatic rings. The van der Waals surface area contributed by atoms with Crippen molar-refractivity contribution in [3.63, 3.8) is 0 Å². The molecule has 0 atom stereocenters. The first-order valence-electron chi connectivity index (χ1n) is 4.53. The average molecular weight is 269 g/mol. The lowest BCUT2D eigenvalue weighted by Crippen LogP contribution is -2.00. The maximum Gasteiger partial charge on any atom is 0.197 e. The summed E-state index contributed by atoms with van der Waals surface area (Å²) in [6.45, 7) is 0. The Balaban J connectivity index is 2.31. The van der Waals surface area contributed by atoms with E-state index in [0.29, 0.717) is 32.5 Å². The molecule has 0 bridgehead atoms. The van der Waals surface area contributed by atoms with Crippen molar-refractivity contribution < 1.29 is 0 Å². The highest BCUT2D eigenvalue weighted by Gasteiger charge is 2.08. The molecule has 0 aliphatic carbocycles. The number of anilines is 3. The SMILES string of the molecule is Nc1cc(N)nc(Sc2ncc(Cl)cc2N)n1. The summed E-state index contributed by atoms with van der Waals surface area (Å²) in [5.74, 6) is 0.597. The Morgan fingerprint density at radius 2 is 1.71 bits per heavy atom. The quantitative estimate of drug-likeness (QED) is 0.705. The molecule has 6 nitrogen and oxygen atoms in total. The van der Waals surface area contributed by atoms with Crippen LogP contribution in [0.1, 0.15) is 0 Å². The average Bonchev–Trinajstić information content (AvgIpc) is 2.21. The minimum atomic E-state index is 0.299. The topological polar surface area (TPSA) is 117 Å². The van der Waals surface area contributed by atoms with Crippen LogP contribution in [-0.4, -0.2) is 15.0 Å². The first kappa shape index (κ1) is 11.7. The highest BCUT2D eigenvalue weighted by atomic mass is 35.5. The fraction of sp³-hybridized carbons (Fsp3) is 0. The smallest absolute Gasteiger partial charge is 0.197 e. The highest BCUT2D eigenvalue weighted by molar-refractivity contribution is 7.99. The van der Waals surface area contributed by atoms with E-state index in [0.717, 1.165) is 0 Å². The molecule has 88 valence electrons. The molecule has 8 heteroatoms. The fourth-order valence-electron chi connectivity index (χ4n) is 1.12. The van der Waals surface area contributed by atoms with Gasteiger partial charge in [0, 0.05) is 12.3 Å². The third-order valence-electron chi connectivity index (χ3n) is 1.78. The molecular weight excluding hydrogens is 260 g/mol. The molecule has 0 amide bonds. The van der Waals surface area contributed by atoms with E-state index in [-0.39, 0.29) is 0 Å². The number of hydrogen-bond acceptors (Lipinski definition) is 7. The predicted octanol–water partition coefficient (Wildman–Crippen LogP) is 1.42. The number of aromatic nitrogens is 3. The van der Waals surface area contributed by atoms with Gasteiger partial charge >= 0.3 is 0 Å². The largest absolute Gasteiger partial charge is 0.396 e. The Hall–Kier alpha value is -1.73. The van der Waals surface area contributed by atoms with Gasteiger partial charge < -0.3 is 17.2 Å². The zero-order valence-corrected chi connectivity index (χ0v) is 10.2. The molecule has 0 aromatic carbocycles. The minimum absolute atomic E-state index is 0.299. The molecule has 0 saturated carbocycles. The van der Waals surface area contributed by atoms with Gasteiger partial charge in [0.15, 0.2) is 5.16 Å². The second-order valence-corrected chi connectivity index (χ2v) is 4.54. The number of halogens is 1. The van der Waals surface area contributed by atoms with Crippen LogP contribution in [0.5, 0.6) is 0 Å². The Bertz CT molecular complexity index is 541. The number of rotatable bonds is 2. The van der Waals surface area contributed by atoms with Gasteiger partial charge in [0.1, 0.15) is 16.7 Å².